The topological polar surface area (TPSA) is 24.5 Å². The highest BCUT2D eigenvalue weighted by atomic mass is 35.5. The van der Waals surface area contributed by atoms with Gasteiger partial charge < -0.3 is 4.74 Å². The van der Waals surface area contributed by atoms with Crippen molar-refractivity contribution >= 4 is 33.1 Å². The monoisotopic (exact) mass is 328 g/mol. The van der Waals surface area contributed by atoms with Crippen LogP contribution in [0.5, 0.6) is 5.75 Å². The lowest BCUT2D eigenvalue weighted by molar-refractivity contribution is 0.259. The number of nitrogens with zero attached hydrogens (tertiary/aromatic N) is 1. The predicted octanol–water partition coefficient (Wildman–Crippen LogP) is 4.48. The Morgan fingerprint density at radius 3 is 2.61 bits per heavy atom. The molecule has 0 spiro atoms. The van der Waals surface area contributed by atoms with Crippen LogP contribution in [-0.4, -0.2) is 32.3 Å². The maximum Gasteiger partial charge on any atom is 0.134 e. The van der Waals surface area contributed by atoms with Crippen molar-refractivity contribution in [3.8, 4) is 5.75 Å². The summed E-state index contributed by atoms with van der Waals surface area (Å²) >= 11 is 6.14. The Bertz CT molecular complexity index is 817. The summed E-state index contributed by atoms with van der Waals surface area (Å²) in [6.07, 6.45) is 0.941. The third-order valence-corrected chi connectivity index (χ3v) is 4.01. The van der Waals surface area contributed by atoms with Crippen LogP contribution in [0.1, 0.15) is 6.42 Å². The largest absolute Gasteiger partial charge is 0.492 e. The van der Waals surface area contributed by atoms with Crippen LogP contribution in [-0.2, 0) is 0 Å². The SMILES string of the molecule is CN(C)NCCCOc1c2ccccc2cc2cc(Cl)ccc12. The normalized spacial score (nSPS) is 11.5. The third-order valence-electron chi connectivity index (χ3n) is 3.77. The van der Waals surface area contributed by atoms with Crippen LogP contribution in [0, 0.1) is 0 Å². The Labute approximate surface area is 141 Å². The van der Waals surface area contributed by atoms with E-state index in [1.807, 2.05) is 49.4 Å². The van der Waals surface area contributed by atoms with E-state index in [0.29, 0.717) is 6.61 Å². The molecular formula is C19H21ClN2O. The summed E-state index contributed by atoms with van der Waals surface area (Å²) in [5.41, 5.74) is 3.25. The molecule has 4 heteroatoms. The number of ether oxygens (including phenoxy) is 1. The number of benzene rings is 3. The zero-order valence-corrected chi connectivity index (χ0v) is 14.2. The van der Waals surface area contributed by atoms with Gasteiger partial charge in [0.05, 0.1) is 6.61 Å². The van der Waals surface area contributed by atoms with E-state index in [4.69, 9.17) is 16.3 Å². The van der Waals surface area contributed by atoms with E-state index in [-0.39, 0.29) is 0 Å². The molecule has 0 heterocycles. The highest BCUT2D eigenvalue weighted by Gasteiger charge is 2.09. The second kappa shape index (κ2) is 7.18. The fourth-order valence-electron chi connectivity index (χ4n) is 2.71. The van der Waals surface area contributed by atoms with Crippen molar-refractivity contribution in [3.63, 3.8) is 0 Å². The summed E-state index contributed by atoms with van der Waals surface area (Å²) in [5, 5.41) is 7.22. The molecule has 0 aliphatic heterocycles. The van der Waals surface area contributed by atoms with Crippen molar-refractivity contribution in [2.45, 2.75) is 6.42 Å². The first kappa shape index (κ1) is 16.1. The van der Waals surface area contributed by atoms with E-state index < -0.39 is 0 Å². The van der Waals surface area contributed by atoms with Crippen LogP contribution in [0.25, 0.3) is 21.5 Å². The van der Waals surface area contributed by atoms with Crippen LogP contribution >= 0.6 is 11.6 Å². The third kappa shape index (κ3) is 3.75. The van der Waals surface area contributed by atoms with Crippen molar-refractivity contribution < 1.29 is 4.74 Å². The van der Waals surface area contributed by atoms with Crippen LogP contribution in [0.3, 0.4) is 0 Å². The summed E-state index contributed by atoms with van der Waals surface area (Å²) in [7, 11) is 3.98. The standard InChI is InChI=1S/C19H21ClN2O/c1-22(2)21-10-5-11-23-19-17-7-4-3-6-14(17)12-15-13-16(20)8-9-18(15)19/h3-4,6-9,12-13,21H,5,10-11H2,1-2H3. The molecule has 3 aromatic rings. The Kier molecular flexibility index (Phi) is 5.01. The number of rotatable bonds is 6. The van der Waals surface area contributed by atoms with Crippen molar-refractivity contribution in [1.29, 1.82) is 0 Å². The molecular weight excluding hydrogens is 308 g/mol. The first-order chi connectivity index (χ1) is 11.1. The quantitative estimate of drug-likeness (QED) is 0.410. The van der Waals surface area contributed by atoms with Gasteiger partial charge in [-0.1, -0.05) is 35.9 Å². The van der Waals surface area contributed by atoms with Crippen molar-refractivity contribution in [2.24, 2.45) is 0 Å². The molecule has 23 heavy (non-hydrogen) atoms. The number of fused-ring (bicyclic) bond motifs is 2. The summed E-state index contributed by atoms with van der Waals surface area (Å²) in [6.45, 7) is 1.56. The number of hydrogen-bond donors (Lipinski definition) is 1. The van der Waals surface area contributed by atoms with E-state index in [2.05, 4.69) is 23.6 Å². The summed E-state index contributed by atoms with van der Waals surface area (Å²) in [5.74, 6) is 0.944. The number of hydrazine groups is 1. The molecule has 1 N–H and O–H groups in total. The van der Waals surface area contributed by atoms with Crippen molar-refractivity contribution in [1.82, 2.24) is 10.4 Å². The average molecular weight is 329 g/mol. The summed E-state index contributed by atoms with van der Waals surface area (Å²) in [6, 6.07) is 16.4. The fraction of sp³-hybridized carbons (Fsp3) is 0.263. The molecule has 0 radical (unpaired) electrons. The van der Waals surface area contributed by atoms with Crippen LogP contribution in [0.15, 0.2) is 48.5 Å². The van der Waals surface area contributed by atoms with E-state index in [9.17, 15) is 0 Å². The molecule has 3 nitrogen and oxygen atoms in total. The lowest BCUT2D eigenvalue weighted by Crippen LogP contribution is -2.31. The Morgan fingerprint density at radius 1 is 1.00 bits per heavy atom. The van der Waals surface area contributed by atoms with E-state index in [0.717, 1.165) is 39.9 Å². The Hall–Kier alpha value is -1.81. The van der Waals surface area contributed by atoms with Crippen LogP contribution in [0.2, 0.25) is 5.02 Å². The predicted molar refractivity (Wildman–Crippen MR) is 98.3 cm³/mol. The maximum absolute atomic E-state index is 6.15. The molecule has 0 bridgehead atoms. The van der Waals surface area contributed by atoms with Crippen molar-refractivity contribution in [2.75, 3.05) is 27.2 Å². The van der Waals surface area contributed by atoms with E-state index in [1.54, 1.807) is 0 Å². The number of halogens is 1. The van der Waals surface area contributed by atoms with Crippen LogP contribution < -0.4 is 10.2 Å². The summed E-state index contributed by atoms with van der Waals surface area (Å²) < 4.78 is 6.15. The molecule has 0 fully saturated rings. The molecule has 0 amide bonds. The molecule has 0 saturated heterocycles. The molecule has 0 atom stereocenters. The van der Waals surface area contributed by atoms with E-state index in [1.165, 1.54) is 5.39 Å². The number of nitrogens with one attached hydrogen (secondary N) is 1. The minimum Gasteiger partial charge on any atom is -0.492 e. The van der Waals surface area contributed by atoms with Gasteiger partial charge in [-0.25, -0.2) is 0 Å². The fourth-order valence-corrected chi connectivity index (χ4v) is 2.89. The molecule has 120 valence electrons. The van der Waals surface area contributed by atoms with E-state index >= 15 is 0 Å². The zero-order valence-electron chi connectivity index (χ0n) is 13.5. The molecule has 3 aromatic carbocycles. The van der Waals surface area contributed by atoms with Gasteiger partial charge in [0.15, 0.2) is 0 Å². The zero-order chi connectivity index (χ0) is 16.2. The summed E-state index contributed by atoms with van der Waals surface area (Å²) in [4.78, 5) is 0. The van der Waals surface area contributed by atoms with Gasteiger partial charge in [0.1, 0.15) is 5.75 Å². The van der Waals surface area contributed by atoms with Gasteiger partial charge in [-0.3, -0.25) is 10.4 Å². The van der Waals surface area contributed by atoms with Gasteiger partial charge in [0, 0.05) is 36.4 Å². The molecule has 0 aromatic heterocycles. The molecule has 0 unspecified atom stereocenters. The second-order valence-corrected chi connectivity index (χ2v) is 6.23. The minimum atomic E-state index is 0.673. The lowest BCUT2D eigenvalue weighted by Gasteiger charge is -2.15. The van der Waals surface area contributed by atoms with Crippen LogP contribution in [0.4, 0.5) is 0 Å². The Morgan fingerprint density at radius 2 is 1.78 bits per heavy atom. The van der Waals surface area contributed by atoms with Gasteiger partial charge in [0.2, 0.25) is 0 Å². The highest BCUT2D eigenvalue weighted by molar-refractivity contribution is 6.31. The smallest absolute Gasteiger partial charge is 0.134 e. The lowest BCUT2D eigenvalue weighted by atomic mass is 10.0. The minimum absolute atomic E-state index is 0.673. The average Bonchev–Trinajstić information content (AvgIpc) is 2.53. The molecule has 0 saturated carbocycles. The number of hydrogen-bond acceptors (Lipinski definition) is 3. The second-order valence-electron chi connectivity index (χ2n) is 5.80. The molecule has 3 rings (SSSR count). The maximum atomic E-state index is 6.15. The highest BCUT2D eigenvalue weighted by Crippen LogP contribution is 2.36. The van der Waals surface area contributed by atoms with Gasteiger partial charge in [-0.2, -0.15) is 0 Å². The Balaban J connectivity index is 1.91. The first-order valence-corrected chi connectivity index (χ1v) is 8.17. The van der Waals surface area contributed by atoms with Gasteiger partial charge >= 0.3 is 0 Å². The van der Waals surface area contributed by atoms with Gasteiger partial charge in [-0.15, -0.1) is 0 Å². The van der Waals surface area contributed by atoms with Gasteiger partial charge in [0.25, 0.3) is 0 Å². The van der Waals surface area contributed by atoms with Crippen molar-refractivity contribution in [3.05, 3.63) is 53.6 Å². The van der Waals surface area contributed by atoms with Gasteiger partial charge in [-0.05, 0) is 41.5 Å². The molecule has 0 aliphatic carbocycles. The first-order valence-electron chi connectivity index (χ1n) is 7.80. The molecule has 0 aliphatic rings.